The van der Waals surface area contributed by atoms with E-state index in [1.165, 1.54) is 0 Å². The molecule has 0 aliphatic carbocycles. The van der Waals surface area contributed by atoms with Gasteiger partial charge >= 0.3 is 0 Å². The lowest BCUT2D eigenvalue weighted by Crippen LogP contribution is -2.39. The average molecular weight is 268 g/mol. The molecule has 0 radical (unpaired) electrons. The SMILES string of the molecule is CCNc1cc(N(CCOC)C(C)COC)ncn1. The van der Waals surface area contributed by atoms with Gasteiger partial charge in [0.15, 0.2) is 0 Å². The molecule has 0 fully saturated rings. The van der Waals surface area contributed by atoms with Crippen molar-refractivity contribution in [2.45, 2.75) is 19.9 Å². The summed E-state index contributed by atoms with van der Waals surface area (Å²) >= 11 is 0. The van der Waals surface area contributed by atoms with Gasteiger partial charge in [0, 0.05) is 33.4 Å². The lowest BCUT2D eigenvalue weighted by molar-refractivity contribution is 0.170. The summed E-state index contributed by atoms with van der Waals surface area (Å²) in [7, 11) is 3.40. The van der Waals surface area contributed by atoms with Gasteiger partial charge in [-0.2, -0.15) is 0 Å². The number of nitrogens with zero attached hydrogens (tertiary/aromatic N) is 3. The van der Waals surface area contributed by atoms with E-state index in [1.54, 1.807) is 20.5 Å². The molecule has 1 heterocycles. The van der Waals surface area contributed by atoms with Crippen LogP contribution in [0.1, 0.15) is 13.8 Å². The predicted octanol–water partition coefficient (Wildman–Crippen LogP) is 1.40. The van der Waals surface area contributed by atoms with Crippen LogP contribution in [0.25, 0.3) is 0 Å². The van der Waals surface area contributed by atoms with E-state index >= 15 is 0 Å². The third kappa shape index (κ3) is 5.00. The summed E-state index contributed by atoms with van der Waals surface area (Å²) in [4.78, 5) is 10.7. The molecule has 0 aromatic carbocycles. The molecular formula is C13H24N4O2. The van der Waals surface area contributed by atoms with E-state index in [1.807, 2.05) is 13.0 Å². The molecule has 108 valence electrons. The van der Waals surface area contributed by atoms with Gasteiger partial charge in [0.05, 0.1) is 19.3 Å². The third-order valence-corrected chi connectivity index (χ3v) is 2.78. The van der Waals surface area contributed by atoms with Crippen molar-refractivity contribution in [2.75, 3.05) is 50.7 Å². The van der Waals surface area contributed by atoms with E-state index in [0.717, 1.165) is 24.7 Å². The second-order valence-electron chi connectivity index (χ2n) is 4.28. The summed E-state index contributed by atoms with van der Waals surface area (Å²) in [5, 5.41) is 3.19. The lowest BCUT2D eigenvalue weighted by atomic mass is 10.3. The Hall–Kier alpha value is -1.40. The van der Waals surface area contributed by atoms with E-state index < -0.39 is 0 Å². The summed E-state index contributed by atoms with van der Waals surface area (Å²) in [5.41, 5.74) is 0. The van der Waals surface area contributed by atoms with E-state index in [9.17, 15) is 0 Å². The Morgan fingerprint density at radius 1 is 1.32 bits per heavy atom. The Kier molecular flexibility index (Phi) is 7.14. The molecule has 0 amide bonds. The van der Waals surface area contributed by atoms with Crippen molar-refractivity contribution in [1.29, 1.82) is 0 Å². The molecule has 6 heteroatoms. The van der Waals surface area contributed by atoms with Crippen molar-refractivity contribution < 1.29 is 9.47 Å². The van der Waals surface area contributed by atoms with Crippen LogP contribution in [-0.2, 0) is 9.47 Å². The molecule has 1 atom stereocenters. The second kappa shape index (κ2) is 8.66. The van der Waals surface area contributed by atoms with Gasteiger partial charge in [-0.1, -0.05) is 0 Å². The number of nitrogens with one attached hydrogen (secondary N) is 1. The Morgan fingerprint density at radius 3 is 2.74 bits per heavy atom. The Morgan fingerprint density at radius 2 is 2.11 bits per heavy atom. The fourth-order valence-electron chi connectivity index (χ4n) is 1.86. The Labute approximate surface area is 115 Å². The van der Waals surface area contributed by atoms with Crippen molar-refractivity contribution in [3.8, 4) is 0 Å². The van der Waals surface area contributed by atoms with E-state index in [0.29, 0.717) is 13.2 Å². The van der Waals surface area contributed by atoms with Crippen LogP contribution in [0.3, 0.4) is 0 Å². The standard InChI is InChI=1S/C13H24N4O2/c1-5-14-12-8-13(16-10-15-12)17(6-7-18-3)11(2)9-19-4/h8,10-11H,5-7,9H2,1-4H3,(H,14,15,16). The fourth-order valence-corrected chi connectivity index (χ4v) is 1.86. The number of methoxy groups -OCH3 is 2. The molecule has 0 saturated heterocycles. The van der Waals surface area contributed by atoms with Gasteiger partial charge in [0.1, 0.15) is 18.0 Å². The first kappa shape index (κ1) is 15.7. The van der Waals surface area contributed by atoms with Crippen LogP contribution in [-0.4, -0.2) is 56.5 Å². The van der Waals surface area contributed by atoms with Crippen LogP contribution in [0.2, 0.25) is 0 Å². The van der Waals surface area contributed by atoms with Crippen molar-refractivity contribution in [2.24, 2.45) is 0 Å². The van der Waals surface area contributed by atoms with Crippen molar-refractivity contribution in [1.82, 2.24) is 9.97 Å². The number of anilines is 2. The van der Waals surface area contributed by atoms with E-state index in [2.05, 4.69) is 27.1 Å². The summed E-state index contributed by atoms with van der Waals surface area (Å²) in [6.07, 6.45) is 1.58. The fraction of sp³-hybridized carbons (Fsp3) is 0.692. The summed E-state index contributed by atoms with van der Waals surface area (Å²) < 4.78 is 10.4. The maximum Gasteiger partial charge on any atom is 0.134 e. The molecule has 1 aromatic rings. The number of hydrogen-bond acceptors (Lipinski definition) is 6. The van der Waals surface area contributed by atoms with Crippen LogP contribution in [0, 0.1) is 0 Å². The second-order valence-corrected chi connectivity index (χ2v) is 4.28. The lowest BCUT2D eigenvalue weighted by Gasteiger charge is -2.29. The van der Waals surface area contributed by atoms with Crippen molar-refractivity contribution in [3.05, 3.63) is 12.4 Å². The van der Waals surface area contributed by atoms with Crippen LogP contribution < -0.4 is 10.2 Å². The molecular weight excluding hydrogens is 244 g/mol. The predicted molar refractivity (Wildman–Crippen MR) is 76.8 cm³/mol. The maximum absolute atomic E-state index is 5.22. The molecule has 1 aromatic heterocycles. The van der Waals surface area contributed by atoms with Crippen LogP contribution in [0.15, 0.2) is 12.4 Å². The zero-order chi connectivity index (χ0) is 14.1. The van der Waals surface area contributed by atoms with Gasteiger partial charge < -0.3 is 19.7 Å². The third-order valence-electron chi connectivity index (χ3n) is 2.78. The van der Waals surface area contributed by atoms with Crippen molar-refractivity contribution >= 4 is 11.6 Å². The first-order valence-electron chi connectivity index (χ1n) is 6.53. The molecule has 6 nitrogen and oxygen atoms in total. The molecule has 19 heavy (non-hydrogen) atoms. The van der Waals surface area contributed by atoms with Crippen molar-refractivity contribution in [3.63, 3.8) is 0 Å². The summed E-state index contributed by atoms with van der Waals surface area (Å²) in [6, 6.07) is 2.18. The quantitative estimate of drug-likeness (QED) is 0.730. The normalized spacial score (nSPS) is 12.2. The zero-order valence-electron chi connectivity index (χ0n) is 12.2. The molecule has 1 rings (SSSR count). The first-order chi connectivity index (χ1) is 9.22. The van der Waals surface area contributed by atoms with Gasteiger partial charge in [-0.25, -0.2) is 9.97 Å². The highest BCUT2D eigenvalue weighted by atomic mass is 16.5. The minimum absolute atomic E-state index is 0.226. The average Bonchev–Trinajstić information content (AvgIpc) is 2.40. The topological polar surface area (TPSA) is 59.5 Å². The minimum Gasteiger partial charge on any atom is -0.383 e. The van der Waals surface area contributed by atoms with E-state index in [-0.39, 0.29) is 6.04 Å². The van der Waals surface area contributed by atoms with Crippen LogP contribution in [0.4, 0.5) is 11.6 Å². The molecule has 0 saturated carbocycles. The van der Waals surface area contributed by atoms with Gasteiger partial charge in [-0.3, -0.25) is 0 Å². The van der Waals surface area contributed by atoms with Crippen LogP contribution in [0.5, 0.6) is 0 Å². The monoisotopic (exact) mass is 268 g/mol. The number of rotatable bonds is 9. The molecule has 1 N–H and O–H groups in total. The zero-order valence-corrected chi connectivity index (χ0v) is 12.2. The van der Waals surface area contributed by atoms with Crippen LogP contribution >= 0.6 is 0 Å². The summed E-state index contributed by atoms with van der Waals surface area (Å²) in [5.74, 6) is 1.71. The number of ether oxygens (including phenoxy) is 2. The largest absolute Gasteiger partial charge is 0.383 e. The highest BCUT2D eigenvalue weighted by molar-refractivity contribution is 5.49. The Bertz CT molecular complexity index is 362. The first-order valence-corrected chi connectivity index (χ1v) is 6.53. The highest BCUT2D eigenvalue weighted by Gasteiger charge is 2.16. The molecule has 0 aliphatic rings. The number of hydrogen-bond donors (Lipinski definition) is 1. The van der Waals surface area contributed by atoms with Gasteiger partial charge in [0.2, 0.25) is 0 Å². The number of aromatic nitrogens is 2. The smallest absolute Gasteiger partial charge is 0.134 e. The summed E-state index contributed by atoms with van der Waals surface area (Å²) in [6.45, 7) is 7.04. The van der Waals surface area contributed by atoms with Gasteiger partial charge in [0.25, 0.3) is 0 Å². The maximum atomic E-state index is 5.22. The minimum atomic E-state index is 0.226. The van der Waals surface area contributed by atoms with E-state index in [4.69, 9.17) is 9.47 Å². The molecule has 1 unspecified atom stereocenters. The highest BCUT2D eigenvalue weighted by Crippen LogP contribution is 2.16. The van der Waals surface area contributed by atoms with Gasteiger partial charge in [-0.05, 0) is 13.8 Å². The molecule has 0 bridgehead atoms. The molecule has 0 spiro atoms. The Balaban J connectivity index is 2.85. The van der Waals surface area contributed by atoms with Gasteiger partial charge in [-0.15, -0.1) is 0 Å². The molecule has 0 aliphatic heterocycles.